The lowest BCUT2D eigenvalue weighted by molar-refractivity contribution is 0.103. The topological polar surface area (TPSA) is 60.9 Å². The van der Waals surface area contributed by atoms with Crippen molar-refractivity contribution in [3.8, 4) is 5.69 Å². The fourth-order valence-corrected chi connectivity index (χ4v) is 2.03. The summed E-state index contributed by atoms with van der Waals surface area (Å²) in [5, 5.41) is 4.13. The predicted octanol–water partition coefficient (Wildman–Crippen LogP) is 2.82. The summed E-state index contributed by atoms with van der Waals surface area (Å²) in [6, 6.07) is 13.3. The first kappa shape index (κ1) is 13.1. The van der Waals surface area contributed by atoms with Crippen LogP contribution in [-0.4, -0.2) is 15.6 Å². The summed E-state index contributed by atoms with van der Waals surface area (Å²) in [5.41, 5.74) is 7.02. The highest BCUT2D eigenvalue weighted by atomic mass is 19.1. The highest BCUT2D eigenvalue weighted by molar-refractivity contribution is 6.09. The van der Waals surface area contributed by atoms with Gasteiger partial charge in [0, 0.05) is 11.9 Å². The molecule has 0 spiro atoms. The van der Waals surface area contributed by atoms with E-state index in [-0.39, 0.29) is 5.56 Å². The number of nitrogens with two attached hydrogens (primary N) is 1. The molecule has 0 aliphatic rings. The predicted molar refractivity (Wildman–Crippen MR) is 77.8 cm³/mol. The van der Waals surface area contributed by atoms with Gasteiger partial charge in [-0.15, -0.1) is 0 Å². The van der Waals surface area contributed by atoms with Crippen LogP contribution >= 0.6 is 0 Å². The third-order valence-corrected chi connectivity index (χ3v) is 3.10. The number of rotatable bonds is 3. The Hall–Kier alpha value is -2.95. The number of ketones is 1. The van der Waals surface area contributed by atoms with Crippen molar-refractivity contribution in [3.63, 3.8) is 0 Å². The number of nitrogen functional groups attached to an aromatic ring is 1. The van der Waals surface area contributed by atoms with Crippen LogP contribution in [0.5, 0.6) is 0 Å². The van der Waals surface area contributed by atoms with Gasteiger partial charge in [0.25, 0.3) is 0 Å². The molecular formula is C16H12FN3O. The average Bonchev–Trinajstić information content (AvgIpc) is 3.00. The van der Waals surface area contributed by atoms with Gasteiger partial charge in [-0.05, 0) is 30.3 Å². The molecule has 0 bridgehead atoms. The summed E-state index contributed by atoms with van der Waals surface area (Å²) < 4.78 is 15.3. The molecule has 0 atom stereocenters. The third kappa shape index (κ3) is 2.53. The summed E-state index contributed by atoms with van der Waals surface area (Å²) >= 11 is 0. The van der Waals surface area contributed by atoms with Gasteiger partial charge in [-0.25, -0.2) is 9.07 Å². The van der Waals surface area contributed by atoms with Crippen molar-refractivity contribution in [2.45, 2.75) is 0 Å². The smallest absolute Gasteiger partial charge is 0.199 e. The molecule has 2 aromatic carbocycles. The molecule has 5 heteroatoms. The van der Waals surface area contributed by atoms with Gasteiger partial charge in [0.2, 0.25) is 0 Å². The number of anilines is 1. The first-order valence-electron chi connectivity index (χ1n) is 6.35. The van der Waals surface area contributed by atoms with E-state index >= 15 is 0 Å². The molecular weight excluding hydrogens is 269 g/mol. The third-order valence-electron chi connectivity index (χ3n) is 3.10. The molecule has 104 valence electrons. The van der Waals surface area contributed by atoms with Crippen LogP contribution in [0, 0.1) is 5.82 Å². The van der Waals surface area contributed by atoms with Crippen LogP contribution < -0.4 is 5.73 Å². The van der Waals surface area contributed by atoms with Gasteiger partial charge >= 0.3 is 0 Å². The summed E-state index contributed by atoms with van der Waals surface area (Å²) in [5.74, 6) is -1.04. The van der Waals surface area contributed by atoms with Crippen molar-refractivity contribution in [3.05, 3.63) is 77.9 Å². The van der Waals surface area contributed by atoms with Crippen LogP contribution in [0.2, 0.25) is 0 Å². The molecule has 21 heavy (non-hydrogen) atoms. The second-order valence-electron chi connectivity index (χ2n) is 4.58. The van der Waals surface area contributed by atoms with E-state index in [2.05, 4.69) is 5.10 Å². The molecule has 0 fully saturated rings. The number of halogens is 1. The molecule has 1 heterocycles. The SMILES string of the molecule is Nc1ccc(F)c(C(=O)c2cnn(-c3ccccc3)c2)c1. The molecule has 0 saturated heterocycles. The van der Waals surface area contributed by atoms with Gasteiger partial charge in [0.05, 0.1) is 23.0 Å². The van der Waals surface area contributed by atoms with E-state index in [0.29, 0.717) is 11.3 Å². The molecule has 0 radical (unpaired) electrons. The van der Waals surface area contributed by atoms with E-state index in [0.717, 1.165) is 5.69 Å². The number of carbonyl (C=O) groups is 1. The van der Waals surface area contributed by atoms with E-state index in [1.54, 1.807) is 10.9 Å². The van der Waals surface area contributed by atoms with Gasteiger partial charge in [-0.1, -0.05) is 18.2 Å². The minimum Gasteiger partial charge on any atom is -0.399 e. The Morgan fingerprint density at radius 1 is 1.14 bits per heavy atom. The monoisotopic (exact) mass is 281 g/mol. The highest BCUT2D eigenvalue weighted by Gasteiger charge is 2.16. The number of hydrogen-bond acceptors (Lipinski definition) is 3. The first-order valence-corrected chi connectivity index (χ1v) is 6.35. The minimum absolute atomic E-state index is 0.0531. The lowest BCUT2D eigenvalue weighted by Crippen LogP contribution is -2.04. The average molecular weight is 281 g/mol. The summed E-state index contributed by atoms with van der Waals surface area (Å²) in [6.07, 6.45) is 2.98. The maximum absolute atomic E-state index is 13.7. The lowest BCUT2D eigenvalue weighted by atomic mass is 10.1. The van der Waals surface area contributed by atoms with Crippen molar-refractivity contribution >= 4 is 11.5 Å². The molecule has 0 saturated carbocycles. The summed E-state index contributed by atoms with van der Waals surface area (Å²) in [4.78, 5) is 12.3. The van der Waals surface area contributed by atoms with Crippen LogP contribution in [0.25, 0.3) is 5.69 Å². The number of benzene rings is 2. The Morgan fingerprint density at radius 3 is 2.67 bits per heavy atom. The van der Waals surface area contributed by atoms with Crippen molar-refractivity contribution in [2.75, 3.05) is 5.73 Å². The van der Waals surface area contributed by atoms with E-state index in [1.807, 2.05) is 30.3 Å². The quantitative estimate of drug-likeness (QED) is 0.593. The Morgan fingerprint density at radius 2 is 1.90 bits per heavy atom. The first-order chi connectivity index (χ1) is 10.1. The largest absolute Gasteiger partial charge is 0.399 e. The molecule has 0 aliphatic heterocycles. The van der Waals surface area contributed by atoms with E-state index in [4.69, 9.17) is 5.73 Å². The van der Waals surface area contributed by atoms with Gasteiger partial charge in [-0.2, -0.15) is 5.10 Å². The van der Waals surface area contributed by atoms with Crippen molar-refractivity contribution < 1.29 is 9.18 Å². The second-order valence-corrected chi connectivity index (χ2v) is 4.58. The van der Waals surface area contributed by atoms with E-state index in [1.165, 1.54) is 24.4 Å². The Labute approximate surface area is 120 Å². The Bertz CT molecular complexity index is 796. The van der Waals surface area contributed by atoms with Crippen LogP contribution in [0.1, 0.15) is 15.9 Å². The zero-order valence-electron chi connectivity index (χ0n) is 11.0. The minimum atomic E-state index is -0.596. The number of nitrogens with zero attached hydrogens (tertiary/aromatic N) is 2. The fraction of sp³-hybridized carbons (Fsp3) is 0. The fourth-order valence-electron chi connectivity index (χ4n) is 2.03. The standard InChI is InChI=1S/C16H12FN3O/c17-15-7-6-12(18)8-14(15)16(21)11-9-19-20(10-11)13-4-2-1-3-5-13/h1-10H,18H2. The molecule has 0 unspecified atom stereocenters. The number of para-hydroxylation sites is 1. The van der Waals surface area contributed by atoms with Crippen LogP contribution in [-0.2, 0) is 0 Å². The molecule has 1 aromatic heterocycles. The van der Waals surface area contributed by atoms with Crippen molar-refractivity contribution in [1.29, 1.82) is 0 Å². The van der Waals surface area contributed by atoms with Crippen molar-refractivity contribution in [2.24, 2.45) is 0 Å². The Kier molecular flexibility index (Phi) is 3.23. The second kappa shape index (κ2) is 5.20. The number of carbonyl (C=O) groups excluding carboxylic acids is 1. The Balaban J connectivity index is 1.96. The van der Waals surface area contributed by atoms with Gasteiger partial charge in [-0.3, -0.25) is 4.79 Å². The highest BCUT2D eigenvalue weighted by Crippen LogP contribution is 2.17. The van der Waals surface area contributed by atoms with E-state index < -0.39 is 11.6 Å². The van der Waals surface area contributed by atoms with Crippen LogP contribution in [0.15, 0.2) is 60.9 Å². The summed E-state index contributed by atoms with van der Waals surface area (Å²) in [7, 11) is 0. The number of hydrogen-bond donors (Lipinski definition) is 1. The molecule has 2 N–H and O–H groups in total. The molecule has 0 amide bonds. The summed E-state index contributed by atoms with van der Waals surface area (Å²) in [6.45, 7) is 0. The normalized spacial score (nSPS) is 10.5. The molecule has 4 nitrogen and oxygen atoms in total. The van der Waals surface area contributed by atoms with Gasteiger partial charge in [0.15, 0.2) is 5.78 Å². The molecule has 3 rings (SSSR count). The van der Waals surface area contributed by atoms with Crippen LogP contribution in [0.3, 0.4) is 0 Å². The van der Waals surface area contributed by atoms with Gasteiger partial charge < -0.3 is 5.73 Å². The maximum Gasteiger partial charge on any atom is 0.199 e. The van der Waals surface area contributed by atoms with Crippen LogP contribution in [0.4, 0.5) is 10.1 Å². The van der Waals surface area contributed by atoms with Gasteiger partial charge in [0.1, 0.15) is 5.82 Å². The zero-order chi connectivity index (χ0) is 14.8. The molecule has 3 aromatic rings. The number of aromatic nitrogens is 2. The van der Waals surface area contributed by atoms with Crippen molar-refractivity contribution in [1.82, 2.24) is 9.78 Å². The zero-order valence-corrected chi connectivity index (χ0v) is 11.0. The van der Waals surface area contributed by atoms with E-state index in [9.17, 15) is 9.18 Å². The maximum atomic E-state index is 13.7. The molecule has 0 aliphatic carbocycles. The lowest BCUT2D eigenvalue weighted by Gasteiger charge is -2.02.